The number of ether oxygens (including phenoxy) is 2. The molecule has 0 N–H and O–H groups in total. The molecule has 1 saturated heterocycles. The van der Waals surface area contributed by atoms with Crippen molar-refractivity contribution in [1.29, 1.82) is 0 Å². The first-order valence-electron chi connectivity index (χ1n) is 8.69. The lowest BCUT2D eigenvalue weighted by Gasteiger charge is -2.24. The van der Waals surface area contributed by atoms with E-state index in [4.69, 9.17) is 13.9 Å². The van der Waals surface area contributed by atoms with E-state index in [0.29, 0.717) is 24.3 Å². The second kappa shape index (κ2) is 8.50. The lowest BCUT2D eigenvalue weighted by Crippen LogP contribution is -2.29. The number of anilines is 1. The first-order chi connectivity index (χ1) is 12.2. The molecule has 7 heteroatoms. The second-order valence-corrected chi connectivity index (χ2v) is 5.94. The van der Waals surface area contributed by atoms with Crippen LogP contribution in [-0.4, -0.2) is 35.9 Å². The Bertz CT molecular complexity index is 678. The third kappa shape index (κ3) is 4.95. The number of piperidine rings is 1. The Kier molecular flexibility index (Phi) is 5.87. The number of carbonyl (C=O) groups is 1. The van der Waals surface area contributed by atoms with Crippen LogP contribution in [-0.2, 0) is 22.6 Å². The van der Waals surface area contributed by atoms with Crippen LogP contribution < -0.4 is 9.64 Å². The van der Waals surface area contributed by atoms with E-state index >= 15 is 0 Å². The number of aromatic nitrogens is 2. The van der Waals surface area contributed by atoms with Gasteiger partial charge in [-0.2, -0.15) is 0 Å². The summed E-state index contributed by atoms with van der Waals surface area (Å²) in [5.41, 5.74) is 0.885. The fraction of sp³-hybridized carbons (Fsp3) is 0.500. The molecule has 0 amide bonds. The number of esters is 1. The summed E-state index contributed by atoms with van der Waals surface area (Å²) in [6.07, 6.45) is 3.84. The van der Waals surface area contributed by atoms with Crippen LogP contribution >= 0.6 is 0 Å². The SMILES string of the molecule is CCOC(=O)Cc1ccc(OCc2nnc(N3CCCCC3)o2)cc1. The molecule has 1 aliphatic rings. The fourth-order valence-corrected chi connectivity index (χ4v) is 2.74. The molecule has 3 rings (SSSR count). The highest BCUT2D eigenvalue weighted by Crippen LogP contribution is 2.19. The highest BCUT2D eigenvalue weighted by Gasteiger charge is 2.17. The van der Waals surface area contributed by atoms with E-state index < -0.39 is 0 Å². The van der Waals surface area contributed by atoms with Gasteiger partial charge in [0.15, 0.2) is 6.61 Å². The van der Waals surface area contributed by atoms with Crippen molar-refractivity contribution in [3.63, 3.8) is 0 Å². The molecule has 0 bridgehead atoms. The van der Waals surface area contributed by atoms with E-state index in [2.05, 4.69) is 15.1 Å². The van der Waals surface area contributed by atoms with E-state index in [1.165, 1.54) is 6.42 Å². The van der Waals surface area contributed by atoms with Gasteiger partial charge in [-0.05, 0) is 43.9 Å². The van der Waals surface area contributed by atoms with Gasteiger partial charge in [-0.15, -0.1) is 5.10 Å². The Morgan fingerprint density at radius 2 is 1.92 bits per heavy atom. The van der Waals surface area contributed by atoms with Gasteiger partial charge in [-0.3, -0.25) is 4.79 Å². The van der Waals surface area contributed by atoms with Gasteiger partial charge < -0.3 is 18.8 Å². The molecule has 0 saturated carbocycles. The summed E-state index contributed by atoms with van der Waals surface area (Å²) in [6.45, 7) is 4.33. The Morgan fingerprint density at radius 3 is 2.64 bits per heavy atom. The Balaban J connectivity index is 1.50. The maximum Gasteiger partial charge on any atom is 0.318 e. The molecule has 0 aliphatic carbocycles. The molecule has 0 atom stereocenters. The zero-order valence-electron chi connectivity index (χ0n) is 14.4. The Morgan fingerprint density at radius 1 is 1.16 bits per heavy atom. The van der Waals surface area contributed by atoms with Gasteiger partial charge in [-0.1, -0.05) is 17.2 Å². The number of hydrogen-bond acceptors (Lipinski definition) is 7. The van der Waals surface area contributed by atoms with Crippen LogP contribution in [0.5, 0.6) is 5.75 Å². The summed E-state index contributed by atoms with van der Waals surface area (Å²) in [6, 6.07) is 7.90. The van der Waals surface area contributed by atoms with Crippen molar-refractivity contribution in [2.45, 2.75) is 39.2 Å². The van der Waals surface area contributed by atoms with Gasteiger partial charge in [-0.25, -0.2) is 0 Å². The lowest BCUT2D eigenvalue weighted by molar-refractivity contribution is -0.142. The molecular weight excluding hydrogens is 322 g/mol. The van der Waals surface area contributed by atoms with Crippen molar-refractivity contribution < 1.29 is 18.7 Å². The predicted octanol–water partition coefficient (Wildman–Crippen LogP) is 2.74. The van der Waals surface area contributed by atoms with E-state index in [9.17, 15) is 4.79 Å². The summed E-state index contributed by atoms with van der Waals surface area (Å²) in [5, 5.41) is 8.13. The predicted molar refractivity (Wildman–Crippen MR) is 91.5 cm³/mol. The van der Waals surface area contributed by atoms with Gasteiger partial charge >= 0.3 is 12.0 Å². The summed E-state index contributed by atoms with van der Waals surface area (Å²) in [7, 11) is 0. The number of hydrogen-bond donors (Lipinski definition) is 0. The summed E-state index contributed by atoms with van der Waals surface area (Å²) in [5.74, 6) is 0.911. The van der Waals surface area contributed by atoms with Gasteiger partial charge in [0, 0.05) is 13.1 Å². The van der Waals surface area contributed by atoms with Crippen molar-refractivity contribution in [1.82, 2.24) is 10.2 Å². The summed E-state index contributed by atoms with van der Waals surface area (Å²) >= 11 is 0. The monoisotopic (exact) mass is 345 g/mol. The maximum absolute atomic E-state index is 11.5. The highest BCUT2D eigenvalue weighted by molar-refractivity contribution is 5.72. The quantitative estimate of drug-likeness (QED) is 0.714. The first-order valence-corrected chi connectivity index (χ1v) is 8.69. The van der Waals surface area contributed by atoms with Crippen molar-refractivity contribution in [3.8, 4) is 5.75 Å². The van der Waals surface area contributed by atoms with E-state index in [-0.39, 0.29) is 19.0 Å². The normalized spacial score (nSPS) is 14.4. The standard InChI is InChI=1S/C18H23N3O4/c1-2-23-17(22)12-14-6-8-15(9-7-14)24-13-16-19-20-18(25-16)21-10-4-3-5-11-21/h6-9H,2-5,10-13H2,1H3. The zero-order valence-corrected chi connectivity index (χ0v) is 14.4. The average molecular weight is 345 g/mol. The summed E-state index contributed by atoms with van der Waals surface area (Å²) in [4.78, 5) is 13.6. The molecule has 1 fully saturated rings. The van der Waals surface area contributed by atoms with E-state index in [1.54, 1.807) is 6.92 Å². The van der Waals surface area contributed by atoms with Gasteiger partial charge in [0.05, 0.1) is 13.0 Å². The van der Waals surface area contributed by atoms with Gasteiger partial charge in [0.25, 0.3) is 5.89 Å². The molecule has 0 radical (unpaired) electrons. The van der Waals surface area contributed by atoms with Crippen LogP contribution in [0.4, 0.5) is 6.01 Å². The van der Waals surface area contributed by atoms with Crippen LogP contribution in [0.1, 0.15) is 37.6 Å². The second-order valence-electron chi connectivity index (χ2n) is 5.94. The number of rotatable bonds is 7. The third-order valence-electron chi connectivity index (χ3n) is 4.02. The van der Waals surface area contributed by atoms with Gasteiger partial charge in [0.1, 0.15) is 5.75 Å². The number of benzene rings is 1. The van der Waals surface area contributed by atoms with Crippen LogP contribution in [0.25, 0.3) is 0 Å². The third-order valence-corrected chi connectivity index (χ3v) is 4.02. The zero-order chi connectivity index (χ0) is 17.5. The molecule has 134 valence electrons. The van der Waals surface area contributed by atoms with Crippen LogP contribution in [0.15, 0.2) is 28.7 Å². The summed E-state index contributed by atoms with van der Waals surface area (Å²) < 4.78 is 16.3. The topological polar surface area (TPSA) is 77.7 Å². The van der Waals surface area contributed by atoms with Crippen LogP contribution in [0.3, 0.4) is 0 Å². The van der Waals surface area contributed by atoms with Gasteiger partial charge in [0.2, 0.25) is 0 Å². The van der Waals surface area contributed by atoms with Crippen molar-refractivity contribution in [2.75, 3.05) is 24.6 Å². The molecule has 1 aromatic carbocycles. The first kappa shape index (κ1) is 17.3. The van der Waals surface area contributed by atoms with E-state index in [0.717, 1.165) is 31.5 Å². The maximum atomic E-state index is 11.5. The van der Waals surface area contributed by atoms with Crippen molar-refractivity contribution >= 4 is 12.0 Å². The molecule has 0 spiro atoms. The van der Waals surface area contributed by atoms with Crippen LogP contribution in [0.2, 0.25) is 0 Å². The molecule has 2 heterocycles. The Hall–Kier alpha value is -2.57. The minimum atomic E-state index is -0.229. The number of carbonyl (C=O) groups excluding carboxylic acids is 1. The molecule has 25 heavy (non-hydrogen) atoms. The molecule has 2 aromatic rings. The van der Waals surface area contributed by atoms with Crippen LogP contribution in [0, 0.1) is 0 Å². The average Bonchev–Trinajstić information content (AvgIpc) is 3.11. The number of nitrogens with zero attached hydrogens (tertiary/aromatic N) is 3. The van der Waals surface area contributed by atoms with Crippen molar-refractivity contribution in [3.05, 3.63) is 35.7 Å². The minimum absolute atomic E-state index is 0.220. The molecule has 7 nitrogen and oxygen atoms in total. The highest BCUT2D eigenvalue weighted by atomic mass is 16.5. The van der Waals surface area contributed by atoms with E-state index in [1.807, 2.05) is 24.3 Å². The largest absolute Gasteiger partial charge is 0.484 e. The van der Waals surface area contributed by atoms with Crippen molar-refractivity contribution in [2.24, 2.45) is 0 Å². The molecular formula is C18H23N3O4. The smallest absolute Gasteiger partial charge is 0.318 e. The minimum Gasteiger partial charge on any atom is -0.484 e. The molecule has 1 aromatic heterocycles. The Labute approximate surface area is 146 Å². The molecule has 1 aliphatic heterocycles. The fourth-order valence-electron chi connectivity index (χ4n) is 2.74. The molecule has 0 unspecified atom stereocenters. The lowest BCUT2D eigenvalue weighted by atomic mass is 10.1.